The van der Waals surface area contributed by atoms with Gasteiger partial charge in [-0.1, -0.05) is 47.0 Å². The van der Waals surface area contributed by atoms with Gasteiger partial charge in [0.05, 0.1) is 15.8 Å². The fraction of sp³-hybridized carbons (Fsp3) is 0.176. The lowest BCUT2D eigenvalue weighted by atomic mass is 10.1. The second-order valence-electron chi connectivity index (χ2n) is 5.21. The van der Waals surface area contributed by atoms with E-state index in [1.807, 2.05) is 32.0 Å². The summed E-state index contributed by atoms with van der Waals surface area (Å²) < 4.78 is 0. The van der Waals surface area contributed by atoms with Gasteiger partial charge in [-0.25, -0.2) is 0 Å². The van der Waals surface area contributed by atoms with Crippen LogP contribution in [0.15, 0.2) is 41.5 Å². The Bertz CT molecular complexity index is 772. The predicted octanol–water partition coefficient (Wildman–Crippen LogP) is 5.32. The van der Waals surface area contributed by atoms with Gasteiger partial charge in [0.2, 0.25) is 0 Å². The molecule has 3 nitrogen and oxygen atoms in total. The van der Waals surface area contributed by atoms with E-state index in [1.165, 1.54) is 5.56 Å². The van der Waals surface area contributed by atoms with Crippen molar-refractivity contribution in [2.45, 2.75) is 20.8 Å². The summed E-state index contributed by atoms with van der Waals surface area (Å²) in [6, 6.07) is 11.5. The summed E-state index contributed by atoms with van der Waals surface area (Å²) in [5, 5.41) is 8.84. The Kier molecular flexibility index (Phi) is 5.99. The summed E-state index contributed by atoms with van der Waals surface area (Å²) in [4.78, 5) is 0. The zero-order chi connectivity index (χ0) is 17.0. The van der Waals surface area contributed by atoms with E-state index in [-0.39, 0.29) is 0 Å². The highest BCUT2D eigenvalue weighted by molar-refractivity contribution is 7.80. The van der Waals surface area contributed by atoms with E-state index in [0.29, 0.717) is 15.2 Å². The van der Waals surface area contributed by atoms with Crippen molar-refractivity contribution >= 4 is 51.9 Å². The lowest BCUT2D eigenvalue weighted by Crippen LogP contribution is -2.25. The standard InChI is InChI=1S/C17H17Cl2N3S/c1-10-4-7-16(11(2)8-10)20-17(23)22-21-12(3)13-5-6-14(18)15(19)9-13/h4-9H,1-3H3,(H2,20,22,23). The molecule has 0 aliphatic rings. The molecule has 6 heteroatoms. The Morgan fingerprint density at radius 1 is 1.04 bits per heavy atom. The third kappa shape index (κ3) is 4.93. The van der Waals surface area contributed by atoms with Gasteiger partial charge in [-0.3, -0.25) is 5.43 Å². The molecule has 0 saturated carbocycles. The van der Waals surface area contributed by atoms with Crippen LogP contribution >= 0.6 is 35.4 Å². The maximum atomic E-state index is 6.01. The second kappa shape index (κ2) is 7.77. The van der Waals surface area contributed by atoms with Crippen LogP contribution in [0.25, 0.3) is 0 Å². The highest BCUT2D eigenvalue weighted by atomic mass is 35.5. The number of aryl methyl sites for hydroxylation is 2. The Morgan fingerprint density at radius 3 is 2.43 bits per heavy atom. The summed E-state index contributed by atoms with van der Waals surface area (Å²) in [7, 11) is 0. The van der Waals surface area contributed by atoms with Crippen LogP contribution in [-0.4, -0.2) is 10.8 Å². The van der Waals surface area contributed by atoms with Crippen LogP contribution in [0.5, 0.6) is 0 Å². The molecule has 0 unspecified atom stereocenters. The van der Waals surface area contributed by atoms with Crippen LogP contribution in [0.4, 0.5) is 5.69 Å². The molecule has 0 heterocycles. The van der Waals surface area contributed by atoms with E-state index in [1.54, 1.807) is 12.1 Å². The van der Waals surface area contributed by atoms with Crippen LogP contribution in [0.2, 0.25) is 10.0 Å². The minimum absolute atomic E-state index is 0.427. The van der Waals surface area contributed by atoms with Crippen LogP contribution in [0.1, 0.15) is 23.6 Å². The van der Waals surface area contributed by atoms with Gasteiger partial charge in [-0.2, -0.15) is 5.10 Å². The fourth-order valence-electron chi connectivity index (χ4n) is 2.02. The quantitative estimate of drug-likeness (QED) is 0.438. The number of nitrogens with one attached hydrogen (secondary N) is 2. The molecule has 0 amide bonds. The Labute approximate surface area is 151 Å². The van der Waals surface area contributed by atoms with Crippen molar-refractivity contribution in [1.82, 2.24) is 5.43 Å². The molecule has 23 heavy (non-hydrogen) atoms. The van der Waals surface area contributed by atoms with Crippen molar-refractivity contribution in [2.75, 3.05) is 5.32 Å². The van der Waals surface area contributed by atoms with Gasteiger partial charge in [0.1, 0.15) is 0 Å². The molecule has 0 aliphatic carbocycles. The average Bonchev–Trinajstić information content (AvgIpc) is 2.50. The maximum absolute atomic E-state index is 6.01. The smallest absolute Gasteiger partial charge is 0.191 e. The van der Waals surface area contributed by atoms with Crippen molar-refractivity contribution in [1.29, 1.82) is 0 Å². The third-order valence-corrected chi connectivity index (χ3v) is 4.23. The van der Waals surface area contributed by atoms with Crippen molar-refractivity contribution in [3.05, 3.63) is 63.1 Å². The maximum Gasteiger partial charge on any atom is 0.191 e. The predicted molar refractivity (Wildman–Crippen MR) is 104 cm³/mol. The summed E-state index contributed by atoms with van der Waals surface area (Å²) >= 11 is 17.2. The van der Waals surface area contributed by atoms with E-state index in [4.69, 9.17) is 35.4 Å². The minimum Gasteiger partial charge on any atom is -0.331 e. The average molecular weight is 366 g/mol. The Morgan fingerprint density at radius 2 is 1.78 bits per heavy atom. The molecule has 2 rings (SSSR count). The molecule has 0 radical (unpaired) electrons. The van der Waals surface area contributed by atoms with Crippen LogP contribution < -0.4 is 10.7 Å². The number of anilines is 1. The number of hydrazone groups is 1. The zero-order valence-electron chi connectivity index (χ0n) is 13.1. The van der Waals surface area contributed by atoms with E-state index in [9.17, 15) is 0 Å². The largest absolute Gasteiger partial charge is 0.331 e. The van der Waals surface area contributed by atoms with Crippen molar-refractivity contribution in [3.8, 4) is 0 Å². The summed E-state index contributed by atoms with van der Waals surface area (Å²) in [5.41, 5.74) is 7.76. The highest BCUT2D eigenvalue weighted by Crippen LogP contribution is 2.22. The first-order valence-electron chi connectivity index (χ1n) is 7.01. The Balaban J connectivity index is 2.03. The van der Waals surface area contributed by atoms with Gasteiger partial charge in [0.25, 0.3) is 0 Å². The lowest BCUT2D eigenvalue weighted by Gasteiger charge is -2.11. The minimum atomic E-state index is 0.427. The number of thiocarbonyl (C=S) groups is 1. The van der Waals surface area contributed by atoms with E-state index in [2.05, 4.69) is 28.8 Å². The molecule has 0 atom stereocenters. The molecular formula is C17H17Cl2N3S. The molecule has 2 aromatic rings. The van der Waals surface area contributed by atoms with Crippen molar-refractivity contribution in [3.63, 3.8) is 0 Å². The molecule has 0 fully saturated rings. The first-order chi connectivity index (χ1) is 10.9. The molecule has 0 aromatic heterocycles. The van der Waals surface area contributed by atoms with E-state index < -0.39 is 0 Å². The number of nitrogens with zero attached hydrogens (tertiary/aromatic N) is 1. The van der Waals surface area contributed by atoms with Crippen LogP contribution in [0, 0.1) is 13.8 Å². The molecule has 0 aliphatic heterocycles. The topological polar surface area (TPSA) is 36.4 Å². The first-order valence-corrected chi connectivity index (χ1v) is 8.17. The third-order valence-electron chi connectivity index (χ3n) is 3.29. The molecule has 0 bridgehead atoms. The normalized spacial score (nSPS) is 11.3. The first kappa shape index (κ1) is 17.7. The molecule has 2 aromatic carbocycles. The monoisotopic (exact) mass is 365 g/mol. The van der Waals surface area contributed by atoms with Crippen molar-refractivity contribution < 1.29 is 0 Å². The molecule has 120 valence electrons. The van der Waals surface area contributed by atoms with Crippen molar-refractivity contribution in [2.24, 2.45) is 5.10 Å². The van der Waals surface area contributed by atoms with E-state index in [0.717, 1.165) is 22.5 Å². The van der Waals surface area contributed by atoms with Gasteiger partial charge in [0, 0.05) is 5.69 Å². The van der Waals surface area contributed by atoms with Gasteiger partial charge in [0.15, 0.2) is 5.11 Å². The number of hydrogen-bond acceptors (Lipinski definition) is 2. The van der Waals surface area contributed by atoms with Gasteiger partial charge in [-0.15, -0.1) is 0 Å². The van der Waals surface area contributed by atoms with E-state index >= 15 is 0 Å². The molecular weight excluding hydrogens is 349 g/mol. The SMILES string of the molecule is CC(=NNC(=S)Nc1ccc(C)cc1C)c1ccc(Cl)c(Cl)c1. The van der Waals surface area contributed by atoms with Gasteiger partial charge < -0.3 is 5.32 Å². The highest BCUT2D eigenvalue weighted by Gasteiger charge is 2.04. The van der Waals surface area contributed by atoms with Gasteiger partial charge in [-0.05, 0) is 62.3 Å². The second-order valence-corrected chi connectivity index (χ2v) is 6.43. The van der Waals surface area contributed by atoms with Gasteiger partial charge >= 0.3 is 0 Å². The number of benzene rings is 2. The molecule has 0 spiro atoms. The molecule has 2 N–H and O–H groups in total. The zero-order valence-corrected chi connectivity index (χ0v) is 15.4. The fourth-order valence-corrected chi connectivity index (χ4v) is 2.48. The van der Waals surface area contributed by atoms with Crippen LogP contribution in [0.3, 0.4) is 0 Å². The summed E-state index contributed by atoms with van der Waals surface area (Å²) in [6.07, 6.45) is 0. The number of rotatable bonds is 3. The number of hydrogen-bond donors (Lipinski definition) is 2. The Hall–Kier alpha value is -1.62. The summed E-state index contributed by atoms with van der Waals surface area (Å²) in [5.74, 6) is 0. The number of halogens is 2. The lowest BCUT2D eigenvalue weighted by molar-refractivity contribution is 1.04. The summed E-state index contributed by atoms with van der Waals surface area (Å²) in [6.45, 7) is 5.95. The van der Waals surface area contributed by atoms with Crippen LogP contribution in [-0.2, 0) is 0 Å². The molecule has 0 saturated heterocycles.